The van der Waals surface area contributed by atoms with Crippen LogP contribution in [-0.4, -0.2) is 67.9 Å². The first-order chi connectivity index (χ1) is 12.5. The van der Waals surface area contributed by atoms with Crippen LogP contribution in [0.15, 0.2) is 30.9 Å². The maximum Gasteiger partial charge on any atom is 0.236 e. The quantitative estimate of drug-likeness (QED) is 0.712. The molecule has 1 atom stereocenters. The number of carbonyl (C=O) groups is 1. The van der Waals surface area contributed by atoms with Gasteiger partial charge in [-0.2, -0.15) is 0 Å². The normalized spacial score (nSPS) is 18.4. The largest absolute Gasteiger partial charge is 0.368 e. The summed E-state index contributed by atoms with van der Waals surface area (Å²) < 4.78 is 1.93. The fourth-order valence-electron chi connectivity index (χ4n) is 3.19. The summed E-state index contributed by atoms with van der Waals surface area (Å²) in [6.45, 7) is 3.95. The number of aryl methyl sites for hydroxylation is 1. The molecule has 1 amide bonds. The summed E-state index contributed by atoms with van der Waals surface area (Å²) in [6.07, 6.45) is 7.10. The number of nitrogens with two attached hydrogens (primary N) is 1. The van der Waals surface area contributed by atoms with E-state index in [4.69, 9.17) is 10.7 Å². The molecule has 0 bridgehead atoms. The molecule has 2 N–H and O–H groups in total. The number of primary amides is 1. The molecule has 3 aromatic heterocycles. The molecule has 0 aromatic carbocycles. The Hall–Kier alpha value is -3.07. The van der Waals surface area contributed by atoms with Gasteiger partial charge in [-0.25, -0.2) is 15.0 Å². The number of likely N-dealkylation sites (N-methyl/N-ethyl adjacent to an activating group) is 1. The van der Waals surface area contributed by atoms with Gasteiger partial charge in [0.25, 0.3) is 0 Å². The second-order valence-electron chi connectivity index (χ2n) is 6.48. The van der Waals surface area contributed by atoms with Gasteiger partial charge in [0.1, 0.15) is 17.6 Å². The van der Waals surface area contributed by atoms with Crippen molar-refractivity contribution in [1.82, 2.24) is 29.2 Å². The molecule has 0 radical (unpaired) electrons. The summed E-state index contributed by atoms with van der Waals surface area (Å²) in [5, 5.41) is 0. The van der Waals surface area contributed by atoms with E-state index in [-0.39, 0.29) is 11.9 Å². The van der Waals surface area contributed by atoms with Crippen molar-refractivity contribution >= 4 is 17.4 Å². The van der Waals surface area contributed by atoms with Crippen molar-refractivity contribution < 1.29 is 4.79 Å². The topological polar surface area (TPSA) is 106 Å². The summed E-state index contributed by atoms with van der Waals surface area (Å²) in [5.41, 5.74) is 7.95. The Morgan fingerprint density at radius 2 is 2.08 bits per heavy atom. The summed E-state index contributed by atoms with van der Waals surface area (Å²) >= 11 is 0. The van der Waals surface area contributed by atoms with E-state index in [1.54, 1.807) is 18.6 Å². The first kappa shape index (κ1) is 16.4. The van der Waals surface area contributed by atoms with Crippen LogP contribution in [0.25, 0.3) is 17.2 Å². The molecule has 9 nitrogen and oxygen atoms in total. The third-order valence-electron chi connectivity index (χ3n) is 4.70. The van der Waals surface area contributed by atoms with Crippen molar-refractivity contribution in [2.24, 2.45) is 5.73 Å². The Morgan fingerprint density at radius 1 is 1.23 bits per heavy atom. The predicted octanol–water partition coefficient (Wildman–Crippen LogP) is 0.100. The van der Waals surface area contributed by atoms with Crippen molar-refractivity contribution in [1.29, 1.82) is 0 Å². The summed E-state index contributed by atoms with van der Waals surface area (Å²) in [4.78, 5) is 33.4. The number of nitrogens with zero attached hydrogens (tertiary/aromatic N) is 7. The van der Waals surface area contributed by atoms with Gasteiger partial charge in [-0.05, 0) is 20.0 Å². The lowest BCUT2D eigenvalue weighted by Gasteiger charge is -2.38. The molecular formula is C17H20N8O. The molecule has 4 heterocycles. The lowest BCUT2D eigenvalue weighted by molar-refractivity contribution is -0.122. The van der Waals surface area contributed by atoms with Crippen molar-refractivity contribution in [2.75, 3.05) is 31.6 Å². The van der Waals surface area contributed by atoms with E-state index in [0.29, 0.717) is 12.4 Å². The minimum atomic E-state index is -0.327. The van der Waals surface area contributed by atoms with Crippen molar-refractivity contribution in [3.05, 3.63) is 36.5 Å². The van der Waals surface area contributed by atoms with E-state index in [9.17, 15) is 4.79 Å². The number of piperazine rings is 1. The summed E-state index contributed by atoms with van der Waals surface area (Å²) in [6, 6.07) is 1.52. The van der Waals surface area contributed by atoms with Crippen LogP contribution in [0.4, 0.5) is 5.82 Å². The Bertz CT molecular complexity index is 968. The molecule has 134 valence electrons. The highest BCUT2D eigenvalue weighted by Crippen LogP contribution is 2.21. The van der Waals surface area contributed by atoms with Gasteiger partial charge in [0, 0.05) is 32.0 Å². The van der Waals surface area contributed by atoms with Crippen LogP contribution in [0.5, 0.6) is 0 Å². The molecule has 9 heteroatoms. The first-order valence-corrected chi connectivity index (χ1v) is 8.40. The molecule has 0 aliphatic carbocycles. The second-order valence-corrected chi connectivity index (χ2v) is 6.48. The van der Waals surface area contributed by atoms with Crippen LogP contribution in [0.1, 0.15) is 5.69 Å². The van der Waals surface area contributed by atoms with E-state index in [0.717, 1.165) is 35.9 Å². The molecule has 1 aliphatic heterocycles. The number of hydrogen-bond acceptors (Lipinski definition) is 7. The molecule has 1 unspecified atom stereocenters. The first-order valence-electron chi connectivity index (χ1n) is 8.40. The maximum absolute atomic E-state index is 11.7. The molecule has 1 fully saturated rings. The fraction of sp³-hybridized carbons (Fsp3) is 0.353. The fourth-order valence-corrected chi connectivity index (χ4v) is 3.19. The molecule has 0 spiro atoms. The molecule has 1 aliphatic rings. The second kappa shape index (κ2) is 6.34. The maximum atomic E-state index is 11.7. The van der Waals surface area contributed by atoms with Gasteiger partial charge < -0.3 is 10.6 Å². The van der Waals surface area contributed by atoms with Crippen LogP contribution in [0.3, 0.4) is 0 Å². The third-order valence-corrected chi connectivity index (χ3v) is 4.70. The smallest absolute Gasteiger partial charge is 0.236 e. The van der Waals surface area contributed by atoms with Gasteiger partial charge in [-0.1, -0.05) is 0 Å². The number of hydrogen-bond donors (Lipinski definition) is 1. The van der Waals surface area contributed by atoms with Gasteiger partial charge in [-0.15, -0.1) is 0 Å². The molecular weight excluding hydrogens is 332 g/mol. The summed E-state index contributed by atoms with van der Waals surface area (Å²) in [7, 11) is 1.91. The zero-order valence-electron chi connectivity index (χ0n) is 14.7. The Kier molecular flexibility index (Phi) is 4.00. The predicted molar refractivity (Wildman–Crippen MR) is 96.6 cm³/mol. The van der Waals surface area contributed by atoms with Gasteiger partial charge in [0.15, 0.2) is 11.5 Å². The number of amides is 1. The zero-order valence-corrected chi connectivity index (χ0v) is 14.7. The van der Waals surface area contributed by atoms with E-state index < -0.39 is 0 Å². The highest BCUT2D eigenvalue weighted by molar-refractivity contribution is 5.81. The number of anilines is 1. The number of imidazole rings is 1. The molecule has 26 heavy (non-hydrogen) atoms. The highest BCUT2D eigenvalue weighted by Gasteiger charge is 2.29. The van der Waals surface area contributed by atoms with E-state index >= 15 is 0 Å². The minimum Gasteiger partial charge on any atom is -0.368 e. The van der Waals surface area contributed by atoms with Crippen molar-refractivity contribution in [3.8, 4) is 11.5 Å². The van der Waals surface area contributed by atoms with Crippen molar-refractivity contribution in [2.45, 2.75) is 13.0 Å². The monoisotopic (exact) mass is 352 g/mol. The van der Waals surface area contributed by atoms with Crippen LogP contribution in [0.2, 0.25) is 0 Å². The number of rotatable bonds is 3. The Morgan fingerprint density at radius 3 is 2.88 bits per heavy atom. The molecule has 3 aromatic rings. The minimum absolute atomic E-state index is 0.323. The van der Waals surface area contributed by atoms with Crippen LogP contribution in [-0.2, 0) is 4.79 Å². The van der Waals surface area contributed by atoms with Gasteiger partial charge in [0.05, 0.1) is 18.1 Å². The van der Waals surface area contributed by atoms with E-state index in [1.165, 1.54) is 0 Å². The standard InChI is InChI=1S/C17H20N8O/c1-11-9-25-12(7-21-15(25)8-20-11)17-19-4-3-14(22-17)24-6-5-23(2)13(10-24)16(18)26/h3-4,7-9,13H,5-6,10H2,1-2H3,(H2,18,26). The Labute approximate surface area is 150 Å². The van der Waals surface area contributed by atoms with Gasteiger partial charge >= 0.3 is 0 Å². The van der Waals surface area contributed by atoms with Crippen LogP contribution in [0, 0.1) is 6.92 Å². The molecule has 0 saturated carbocycles. The number of carbonyl (C=O) groups excluding carboxylic acids is 1. The highest BCUT2D eigenvalue weighted by atomic mass is 16.1. The van der Waals surface area contributed by atoms with Gasteiger partial charge in [-0.3, -0.25) is 19.1 Å². The Balaban J connectivity index is 1.68. The van der Waals surface area contributed by atoms with E-state index in [2.05, 4.69) is 19.9 Å². The summed E-state index contributed by atoms with van der Waals surface area (Å²) in [5.74, 6) is 1.03. The lowest BCUT2D eigenvalue weighted by Crippen LogP contribution is -2.57. The van der Waals surface area contributed by atoms with E-state index in [1.807, 2.05) is 35.5 Å². The zero-order chi connectivity index (χ0) is 18.3. The average molecular weight is 352 g/mol. The van der Waals surface area contributed by atoms with Crippen LogP contribution >= 0.6 is 0 Å². The third kappa shape index (κ3) is 2.86. The van der Waals surface area contributed by atoms with Gasteiger partial charge in [0.2, 0.25) is 5.91 Å². The number of aromatic nitrogens is 5. The van der Waals surface area contributed by atoms with Crippen molar-refractivity contribution in [3.63, 3.8) is 0 Å². The van der Waals surface area contributed by atoms with Crippen LogP contribution < -0.4 is 10.6 Å². The lowest BCUT2D eigenvalue weighted by atomic mass is 10.1. The average Bonchev–Trinajstić information content (AvgIpc) is 3.05. The SMILES string of the molecule is Cc1cn2c(-c3nccc(N4CCN(C)C(C(N)=O)C4)n3)cnc2cn1. The molecule has 1 saturated heterocycles. The number of fused-ring (bicyclic) bond motifs is 1. The molecule has 4 rings (SSSR count).